The molecule has 0 aliphatic carbocycles. The SMILES string of the molecule is CC(=O)N(C)CCc1ccc(C(C)C)cc1. The predicted molar refractivity (Wildman–Crippen MR) is 67.5 cm³/mol. The molecule has 1 rings (SSSR count). The summed E-state index contributed by atoms with van der Waals surface area (Å²) in [5.41, 5.74) is 2.65. The number of carbonyl (C=O) groups excluding carboxylic acids is 1. The molecular weight excluding hydrogens is 198 g/mol. The highest BCUT2D eigenvalue weighted by atomic mass is 16.2. The maximum absolute atomic E-state index is 11.0. The normalized spacial score (nSPS) is 10.6. The van der Waals surface area contributed by atoms with E-state index in [-0.39, 0.29) is 5.91 Å². The van der Waals surface area contributed by atoms with E-state index in [4.69, 9.17) is 0 Å². The summed E-state index contributed by atoms with van der Waals surface area (Å²) < 4.78 is 0. The van der Waals surface area contributed by atoms with Crippen LogP contribution in [0.3, 0.4) is 0 Å². The number of nitrogens with zero attached hydrogens (tertiary/aromatic N) is 1. The molecule has 0 saturated carbocycles. The van der Waals surface area contributed by atoms with E-state index >= 15 is 0 Å². The molecule has 0 radical (unpaired) electrons. The maximum atomic E-state index is 11.0. The van der Waals surface area contributed by atoms with E-state index in [0.717, 1.165) is 13.0 Å². The van der Waals surface area contributed by atoms with Crippen LogP contribution in [-0.4, -0.2) is 24.4 Å². The van der Waals surface area contributed by atoms with Crippen molar-refractivity contribution in [1.29, 1.82) is 0 Å². The van der Waals surface area contributed by atoms with Crippen molar-refractivity contribution in [3.8, 4) is 0 Å². The van der Waals surface area contributed by atoms with Crippen molar-refractivity contribution in [2.24, 2.45) is 0 Å². The van der Waals surface area contributed by atoms with Gasteiger partial charge in [-0.05, 0) is 23.5 Å². The summed E-state index contributed by atoms with van der Waals surface area (Å²) >= 11 is 0. The Morgan fingerprint density at radius 1 is 1.25 bits per heavy atom. The molecule has 1 aromatic rings. The monoisotopic (exact) mass is 219 g/mol. The summed E-state index contributed by atoms with van der Waals surface area (Å²) in [6.45, 7) is 6.77. The van der Waals surface area contributed by atoms with Crippen LogP contribution in [0.15, 0.2) is 24.3 Å². The molecule has 0 spiro atoms. The third kappa shape index (κ3) is 3.69. The van der Waals surface area contributed by atoms with Crippen LogP contribution in [0.25, 0.3) is 0 Å². The number of carbonyl (C=O) groups is 1. The molecule has 1 amide bonds. The third-order valence-corrected chi connectivity index (χ3v) is 2.92. The summed E-state index contributed by atoms with van der Waals surface area (Å²) in [6, 6.07) is 8.66. The Labute approximate surface area is 98.3 Å². The Kier molecular flexibility index (Phi) is 4.53. The first-order chi connectivity index (χ1) is 7.50. The molecule has 16 heavy (non-hydrogen) atoms. The average molecular weight is 219 g/mol. The number of benzene rings is 1. The number of likely N-dealkylation sites (N-methyl/N-ethyl adjacent to an activating group) is 1. The molecular formula is C14H21NO. The Hall–Kier alpha value is -1.31. The number of hydrogen-bond donors (Lipinski definition) is 0. The summed E-state index contributed by atoms with van der Waals surface area (Å²) in [7, 11) is 1.84. The van der Waals surface area contributed by atoms with Crippen molar-refractivity contribution in [3.63, 3.8) is 0 Å². The summed E-state index contributed by atoms with van der Waals surface area (Å²) in [5.74, 6) is 0.702. The molecule has 0 atom stereocenters. The lowest BCUT2D eigenvalue weighted by Gasteiger charge is -2.14. The first kappa shape index (κ1) is 12.8. The van der Waals surface area contributed by atoms with Crippen molar-refractivity contribution in [1.82, 2.24) is 4.90 Å². The Balaban J connectivity index is 2.52. The molecule has 0 saturated heterocycles. The van der Waals surface area contributed by atoms with Gasteiger partial charge in [0.1, 0.15) is 0 Å². The minimum absolute atomic E-state index is 0.124. The first-order valence-electron chi connectivity index (χ1n) is 5.81. The minimum Gasteiger partial charge on any atom is -0.346 e. The molecule has 0 aromatic heterocycles. The van der Waals surface area contributed by atoms with Gasteiger partial charge in [0.25, 0.3) is 0 Å². The summed E-state index contributed by atoms with van der Waals surface area (Å²) in [5, 5.41) is 0. The van der Waals surface area contributed by atoms with Crippen LogP contribution in [0.4, 0.5) is 0 Å². The van der Waals surface area contributed by atoms with E-state index in [9.17, 15) is 4.79 Å². The van der Waals surface area contributed by atoms with E-state index in [2.05, 4.69) is 38.1 Å². The van der Waals surface area contributed by atoms with Crippen LogP contribution in [0.1, 0.15) is 37.8 Å². The fraction of sp³-hybridized carbons (Fsp3) is 0.500. The second-order valence-corrected chi connectivity index (χ2v) is 4.59. The van der Waals surface area contributed by atoms with Crippen LogP contribution in [0.5, 0.6) is 0 Å². The zero-order valence-corrected chi connectivity index (χ0v) is 10.7. The Morgan fingerprint density at radius 3 is 2.25 bits per heavy atom. The zero-order valence-electron chi connectivity index (χ0n) is 10.7. The largest absolute Gasteiger partial charge is 0.346 e. The first-order valence-corrected chi connectivity index (χ1v) is 5.81. The van der Waals surface area contributed by atoms with Gasteiger partial charge in [-0.1, -0.05) is 38.1 Å². The van der Waals surface area contributed by atoms with E-state index in [0.29, 0.717) is 5.92 Å². The quantitative estimate of drug-likeness (QED) is 0.762. The highest BCUT2D eigenvalue weighted by molar-refractivity contribution is 5.72. The van der Waals surface area contributed by atoms with E-state index in [1.54, 1.807) is 11.8 Å². The zero-order chi connectivity index (χ0) is 12.1. The van der Waals surface area contributed by atoms with Gasteiger partial charge in [0.05, 0.1) is 0 Å². The standard InChI is InChI=1S/C14H21NO/c1-11(2)14-7-5-13(6-8-14)9-10-15(4)12(3)16/h5-8,11H,9-10H2,1-4H3. The van der Waals surface area contributed by atoms with Crippen LogP contribution in [-0.2, 0) is 11.2 Å². The lowest BCUT2D eigenvalue weighted by molar-refractivity contribution is -0.127. The van der Waals surface area contributed by atoms with Gasteiger partial charge in [-0.15, -0.1) is 0 Å². The third-order valence-electron chi connectivity index (χ3n) is 2.92. The molecule has 0 unspecified atom stereocenters. The Morgan fingerprint density at radius 2 is 1.81 bits per heavy atom. The van der Waals surface area contributed by atoms with E-state index in [1.807, 2.05) is 7.05 Å². The maximum Gasteiger partial charge on any atom is 0.219 e. The second-order valence-electron chi connectivity index (χ2n) is 4.59. The molecule has 2 heteroatoms. The molecule has 2 nitrogen and oxygen atoms in total. The minimum atomic E-state index is 0.124. The predicted octanol–water partition coefficient (Wildman–Crippen LogP) is 2.83. The van der Waals surface area contributed by atoms with Gasteiger partial charge >= 0.3 is 0 Å². The van der Waals surface area contributed by atoms with Gasteiger partial charge in [-0.3, -0.25) is 4.79 Å². The molecule has 0 bridgehead atoms. The summed E-state index contributed by atoms with van der Waals surface area (Å²) in [6.07, 6.45) is 0.925. The fourth-order valence-corrected chi connectivity index (χ4v) is 1.52. The molecule has 0 heterocycles. The number of hydrogen-bond acceptors (Lipinski definition) is 1. The Bertz CT molecular complexity index is 340. The van der Waals surface area contributed by atoms with Gasteiger partial charge < -0.3 is 4.90 Å². The fourth-order valence-electron chi connectivity index (χ4n) is 1.52. The van der Waals surface area contributed by atoms with Gasteiger partial charge in [0.15, 0.2) is 0 Å². The molecule has 0 N–H and O–H groups in total. The van der Waals surface area contributed by atoms with Gasteiger partial charge in [0.2, 0.25) is 5.91 Å². The van der Waals surface area contributed by atoms with Gasteiger partial charge in [-0.2, -0.15) is 0 Å². The summed E-state index contributed by atoms with van der Waals surface area (Å²) in [4.78, 5) is 12.8. The van der Waals surface area contributed by atoms with E-state index < -0.39 is 0 Å². The lowest BCUT2D eigenvalue weighted by Crippen LogP contribution is -2.26. The second kappa shape index (κ2) is 5.69. The van der Waals surface area contributed by atoms with Crippen molar-refractivity contribution in [2.45, 2.75) is 33.1 Å². The van der Waals surface area contributed by atoms with Crippen LogP contribution in [0.2, 0.25) is 0 Å². The molecule has 0 aliphatic heterocycles. The number of rotatable bonds is 4. The molecule has 88 valence electrons. The highest BCUT2D eigenvalue weighted by Crippen LogP contribution is 2.14. The molecule has 1 aromatic carbocycles. The molecule has 0 aliphatic rings. The van der Waals surface area contributed by atoms with Crippen molar-refractivity contribution < 1.29 is 4.79 Å². The lowest BCUT2D eigenvalue weighted by atomic mass is 10.0. The van der Waals surface area contributed by atoms with Crippen LogP contribution in [0, 0.1) is 0 Å². The smallest absolute Gasteiger partial charge is 0.219 e. The topological polar surface area (TPSA) is 20.3 Å². The highest BCUT2D eigenvalue weighted by Gasteiger charge is 2.03. The molecule has 0 fully saturated rings. The van der Waals surface area contributed by atoms with Crippen molar-refractivity contribution in [2.75, 3.05) is 13.6 Å². The van der Waals surface area contributed by atoms with Gasteiger partial charge in [0, 0.05) is 20.5 Å². The van der Waals surface area contributed by atoms with Gasteiger partial charge in [-0.25, -0.2) is 0 Å². The van der Waals surface area contributed by atoms with Crippen molar-refractivity contribution >= 4 is 5.91 Å². The van der Waals surface area contributed by atoms with Crippen molar-refractivity contribution in [3.05, 3.63) is 35.4 Å². The average Bonchev–Trinajstić information content (AvgIpc) is 2.26. The number of amides is 1. The van der Waals surface area contributed by atoms with Crippen LogP contribution < -0.4 is 0 Å². The van der Waals surface area contributed by atoms with E-state index in [1.165, 1.54) is 11.1 Å². The van der Waals surface area contributed by atoms with Crippen LogP contribution >= 0.6 is 0 Å².